The van der Waals surface area contributed by atoms with E-state index in [0.717, 1.165) is 4.47 Å². The van der Waals surface area contributed by atoms with Crippen LogP contribution in [0.15, 0.2) is 16.7 Å². The third-order valence-electron chi connectivity index (χ3n) is 4.11. The maximum absolute atomic E-state index is 12.4. The van der Waals surface area contributed by atoms with E-state index in [0.29, 0.717) is 31.6 Å². The molecule has 2 amide bonds. The lowest BCUT2D eigenvalue weighted by atomic mass is 9.97. The van der Waals surface area contributed by atoms with Crippen LogP contribution in [-0.4, -0.2) is 63.9 Å². The van der Waals surface area contributed by atoms with Gasteiger partial charge in [-0.05, 0) is 34.8 Å². The standard InChI is InChI=1S/C15H20BrN3O4/c1-17-8-11(16)7-12(17)14(21)18(2)9-13(20)19-5-3-10(4-6-19)15(22)23/h7-8,10H,3-6,9H2,1-2H3,(H,22,23). The van der Waals surface area contributed by atoms with E-state index in [4.69, 9.17) is 5.11 Å². The molecule has 23 heavy (non-hydrogen) atoms. The van der Waals surface area contributed by atoms with Crippen molar-refractivity contribution in [3.8, 4) is 0 Å². The Morgan fingerprint density at radius 3 is 2.43 bits per heavy atom. The molecule has 1 aromatic rings. The molecular weight excluding hydrogens is 366 g/mol. The predicted octanol–water partition coefficient (Wildman–Crippen LogP) is 1.18. The number of aryl methyl sites for hydroxylation is 1. The molecule has 1 saturated heterocycles. The van der Waals surface area contributed by atoms with Crippen molar-refractivity contribution in [3.05, 3.63) is 22.4 Å². The molecule has 0 atom stereocenters. The van der Waals surface area contributed by atoms with Crippen molar-refractivity contribution >= 4 is 33.7 Å². The number of piperidine rings is 1. The molecule has 2 rings (SSSR count). The molecule has 7 nitrogen and oxygen atoms in total. The first-order valence-corrected chi connectivity index (χ1v) is 8.16. The van der Waals surface area contributed by atoms with Crippen LogP contribution in [0.1, 0.15) is 23.3 Å². The molecule has 0 aromatic carbocycles. The number of amides is 2. The Morgan fingerprint density at radius 1 is 1.35 bits per heavy atom. The maximum Gasteiger partial charge on any atom is 0.306 e. The number of carbonyl (C=O) groups is 3. The lowest BCUT2D eigenvalue weighted by Crippen LogP contribution is -2.45. The first-order chi connectivity index (χ1) is 10.8. The second-order valence-corrected chi connectivity index (χ2v) is 6.72. The lowest BCUT2D eigenvalue weighted by molar-refractivity contribution is -0.145. The summed E-state index contributed by atoms with van der Waals surface area (Å²) in [6.45, 7) is 0.834. The van der Waals surface area contributed by atoms with Crippen LogP contribution in [0, 0.1) is 5.92 Å². The highest BCUT2D eigenvalue weighted by Crippen LogP contribution is 2.18. The van der Waals surface area contributed by atoms with Gasteiger partial charge in [-0.15, -0.1) is 0 Å². The minimum Gasteiger partial charge on any atom is -0.481 e. The summed E-state index contributed by atoms with van der Waals surface area (Å²) in [6, 6.07) is 1.71. The smallest absolute Gasteiger partial charge is 0.306 e. The molecule has 1 N–H and O–H groups in total. The summed E-state index contributed by atoms with van der Waals surface area (Å²) < 4.78 is 2.50. The Labute approximate surface area is 143 Å². The van der Waals surface area contributed by atoms with Gasteiger partial charge in [-0.25, -0.2) is 0 Å². The van der Waals surface area contributed by atoms with Gasteiger partial charge in [-0.3, -0.25) is 14.4 Å². The van der Waals surface area contributed by atoms with Crippen LogP contribution in [0.5, 0.6) is 0 Å². The zero-order valence-corrected chi connectivity index (χ0v) is 14.7. The number of carboxylic acid groups (broad SMARTS) is 1. The summed E-state index contributed by atoms with van der Waals surface area (Å²) in [5.41, 5.74) is 0.497. The molecule has 1 aromatic heterocycles. The fourth-order valence-electron chi connectivity index (χ4n) is 2.68. The van der Waals surface area contributed by atoms with Gasteiger partial charge in [0.05, 0.1) is 12.5 Å². The number of hydrogen-bond acceptors (Lipinski definition) is 3. The molecule has 1 aliphatic heterocycles. The first-order valence-electron chi connectivity index (χ1n) is 7.37. The number of aromatic nitrogens is 1. The van der Waals surface area contributed by atoms with Crippen molar-refractivity contribution in [2.24, 2.45) is 13.0 Å². The fraction of sp³-hybridized carbons (Fsp3) is 0.533. The van der Waals surface area contributed by atoms with Crippen molar-refractivity contribution in [1.82, 2.24) is 14.4 Å². The summed E-state index contributed by atoms with van der Waals surface area (Å²) in [5, 5.41) is 8.97. The average Bonchev–Trinajstić information content (AvgIpc) is 2.85. The number of likely N-dealkylation sites (tertiary alicyclic amines) is 1. The molecule has 0 spiro atoms. The highest BCUT2D eigenvalue weighted by Gasteiger charge is 2.28. The van der Waals surface area contributed by atoms with Gasteiger partial charge >= 0.3 is 5.97 Å². The Kier molecular flexibility index (Phi) is 5.46. The van der Waals surface area contributed by atoms with E-state index in [1.165, 1.54) is 4.90 Å². The normalized spacial score (nSPS) is 15.5. The van der Waals surface area contributed by atoms with Gasteiger partial charge < -0.3 is 19.5 Å². The molecule has 1 aliphatic rings. The molecule has 2 heterocycles. The van der Waals surface area contributed by atoms with Crippen molar-refractivity contribution in [2.45, 2.75) is 12.8 Å². The highest BCUT2D eigenvalue weighted by molar-refractivity contribution is 9.10. The molecule has 126 valence electrons. The third kappa shape index (κ3) is 4.13. The molecule has 1 fully saturated rings. The lowest BCUT2D eigenvalue weighted by Gasteiger charge is -2.31. The summed E-state index contributed by atoms with van der Waals surface area (Å²) >= 11 is 3.32. The minimum absolute atomic E-state index is 0.0145. The first kappa shape index (κ1) is 17.5. The van der Waals surface area contributed by atoms with Crippen LogP contribution in [0.4, 0.5) is 0 Å². The Balaban J connectivity index is 1.91. The quantitative estimate of drug-likeness (QED) is 0.843. The van der Waals surface area contributed by atoms with E-state index in [-0.39, 0.29) is 24.3 Å². The SMILES string of the molecule is CN(CC(=O)N1CCC(C(=O)O)CC1)C(=O)c1cc(Br)cn1C. The van der Waals surface area contributed by atoms with E-state index in [9.17, 15) is 14.4 Å². The van der Waals surface area contributed by atoms with Crippen LogP contribution in [0.2, 0.25) is 0 Å². The molecule has 0 saturated carbocycles. The van der Waals surface area contributed by atoms with Crippen LogP contribution in [0.3, 0.4) is 0 Å². The number of hydrogen-bond donors (Lipinski definition) is 1. The summed E-state index contributed by atoms with van der Waals surface area (Å²) in [6.07, 6.45) is 2.70. The molecular formula is C15H20BrN3O4. The van der Waals surface area contributed by atoms with Gasteiger partial charge in [-0.2, -0.15) is 0 Å². The minimum atomic E-state index is -0.807. The van der Waals surface area contributed by atoms with Crippen LogP contribution in [0.25, 0.3) is 0 Å². The number of aliphatic carboxylic acids is 1. The monoisotopic (exact) mass is 385 g/mol. The van der Waals surface area contributed by atoms with E-state index in [1.54, 1.807) is 35.8 Å². The van der Waals surface area contributed by atoms with Gasteiger partial charge in [0.2, 0.25) is 5.91 Å². The number of likely N-dealkylation sites (N-methyl/N-ethyl adjacent to an activating group) is 1. The Morgan fingerprint density at radius 2 is 1.96 bits per heavy atom. The Hall–Kier alpha value is -1.83. The van der Waals surface area contributed by atoms with E-state index in [2.05, 4.69) is 15.9 Å². The molecule has 0 aliphatic carbocycles. The van der Waals surface area contributed by atoms with Gasteiger partial charge in [0, 0.05) is 37.9 Å². The van der Waals surface area contributed by atoms with Crippen molar-refractivity contribution in [3.63, 3.8) is 0 Å². The van der Waals surface area contributed by atoms with Crippen molar-refractivity contribution < 1.29 is 19.5 Å². The zero-order chi connectivity index (χ0) is 17.1. The molecule has 8 heteroatoms. The average molecular weight is 386 g/mol. The Bertz CT molecular complexity index is 620. The molecule has 0 bridgehead atoms. The number of halogens is 1. The molecule has 0 unspecified atom stereocenters. The van der Waals surface area contributed by atoms with E-state index >= 15 is 0 Å². The van der Waals surface area contributed by atoms with E-state index < -0.39 is 5.97 Å². The summed E-state index contributed by atoms with van der Waals surface area (Å²) in [5.74, 6) is -1.57. The van der Waals surface area contributed by atoms with Crippen LogP contribution < -0.4 is 0 Å². The largest absolute Gasteiger partial charge is 0.481 e. The van der Waals surface area contributed by atoms with Crippen LogP contribution >= 0.6 is 15.9 Å². The highest BCUT2D eigenvalue weighted by atomic mass is 79.9. The van der Waals surface area contributed by atoms with Crippen molar-refractivity contribution in [2.75, 3.05) is 26.7 Å². The number of carbonyl (C=O) groups excluding carboxylic acids is 2. The number of nitrogens with zero attached hydrogens (tertiary/aromatic N) is 3. The van der Waals surface area contributed by atoms with Crippen LogP contribution in [-0.2, 0) is 16.6 Å². The second-order valence-electron chi connectivity index (χ2n) is 5.81. The van der Waals surface area contributed by atoms with Gasteiger partial charge in [0.25, 0.3) is 5.91 Å². The second kappa shape index (κ2) is 7.16. The summed E-state index contributed by atoms with van der Waals surface area (Å²) in [4.78, 5) is 38.6. The van der Waals surface area contributed by atoms with Crippen molar-refractivity contribution in [1.29, 1.82) is 0 Å². The zero-order valence-electron chi connectivity index (χ0n) is 13.2. The van der Waals surface area contributed by atoms with Gasteiger partial charge in [0.15, 0.2) is 0 Å². The number of carboxylic acids is 1. The van der Waals surface area contributed by atoms with E-state index in [1.807, 2.05) is 0 Å². The fourth-order valence-corrected chi connectivity index (χ4v) is 3.21. The third-order valence-corrected chi connectivity index (χ3v) is 4.54. The van der Waals surface area contributed by atoms with Gasteiger partial charge in [-0.1, -0.05) is 0 Å². The predicted molar refractivity (Wildman–Crippen MR) is 87.0 cm³/mol. The summed E-state index contributed by atoms with van der Waals surface area (Å²) in [7, 11) is 3.36. The van der Waals surface area contributed by atoms with Gasteiger partial charge in [0.1, 0.15) is 5.69 Å². The topological polar surface area (TPSA) is 82.9 Å². The maximum atomic E-state index is 12.4. The molecule has 0 radical (unpaired) electrons. The number of rotatable bonds is 4.